The van der Waals surface area contributed by atoms with Crippen LogP contribution < -0.4 is 5.73 Å². The highest BCUT2D eigenvalue weighted by molar-refractivity contribution is 6.31. The summed E-state index contributed by atoms with van der Waals surface area (Å²) in [5.41, 5.74) is 8.81. The number of hydrogen-bond acceptors (Lipinski definition) is 2. The van der Waals surface area contributed by atoms with E-state index in [1.165, 1.54) is 30.4 Å². The molecule has 3 rings (SSSR count). The van der Waals surface area contributed by atoms with Crippen LogP contribution in [0.15, 0.2) is 18.2 Å². The van der Waals surface area contributed by atoms with Crippen molar-refractivity contribution in [2.24, 2.45) is 5.73 Å². The number of hydrogen-bond donors (Lipinski definition) is 1. The molecular formula is C16H22ClNO. The van der Waals surface area contributed by atoms with Crippen molar-refractivity contribution in [3.8, 4) is 0 Å². The summed E-state index contributed by atoms with van der Waals surface area (Å²) in [4.78, 5) is 0. The predicted octanol–water partition coefficient (Wildman–Crippen LogP) is 3.61. The molecule has 0 unspecified atom stereocenters. The Morgan fingerprint density at radius 1 is 1.26 bits per heavy atom. The van der Waals surface area contributed by atoms with Crippen molar-refractivity contribution in [3.63, 3.8) is 0 Å². The summed E-state index contributed by atoms with van der Waals surface area (Å²) in [5, 5.41) is 0.920. The zero-order valence-electron chi connectivity index (χ0n) is 11.3. The summed E-state index contributed by atoms with van der Waals surface area (Å²) < 4.78 is 5.42. The number of nitrogens with two attached hydrogens (primary N) is 1. The number of benzene rings is 1. The molecule has 2 N–H and O–H groups in total. The average Bonchev–Trinajstić information content (AvgIpc) is 2.39. The Bertz CT molecular complexity index is 445. The van der Waals surface area contributed by atoms with Crippen LogP contribution in [0.3, 0.4) is 0 Å². The molecule has 2 fully saturated rings. The van der Waals surface area contributed by atoms with Crippen molar-refractivity contribution >= 4 is 11.6 Å². The first-order chi connectivity index (χ1) is 9.25. The minimum atomic E-state index is 0.206. The van der Waals surface area contributed by atoms with E-state index in [-0.39, 0.29) is 5.41 Å². The van der Waals surface area contributed by atoms with Crippen LogP contribution in [0.2, 0.25) is 5.02 Å². The van der Waals surface area contributed by atoms with Gasteiger partial charge in [0, 0.05) is 30.2 Å². The molecule has 2 nitrogen and oxygen atoms in total. The van der Waals surface area contributed by atoms with Gasteiger partial charge >= 0.3 is 0 Å². The van der Waals surface area contributed by atoms with E-state index in [0.717, 1.165) is 37.6 Å². The third-order valence-corrected chi connectivity index (χ3v) is 5.30. The molecule has 1 saturated carbocycles. The summed E-state index contributed by atoms with van der Waals surface area (Å²) in [7, 11) is 0. The van der Waals surface area contributed by atoms with E-state index in [2.05, 4.69) is 18.2 Å². The van der Waals surface area contributed by atoms with Gasteiger partial charge in [0.25, 0.3) is 0 Å². The molecule has 0 aromatic heterocycles. The molecule has 19 heavy (non-hydrogen) atoms. The fourth-order valence-electron chi connectivity index (χ4n) is 3.41. The number of halogens is 1. The fourth-order valence-corrected chi connectivity index (χ4v) is 3.75. The molecule has 1 heterocycles. The van der Waals surface area contributed by atoms with E-state index < -0.39 is 0 Å². The standard InChI is InChI=1S/C16H22ClNO/c17-15-10-13(16(11-18)6-1-7-16)2-3-14(15)12-4-8-19-9-5-12/h2-3,10,12H,1,4-9,11,18H2. The van der Waals surface area contributed by atoms with Crippen LogP contribution in [0.4, 0.5) is 0 Å². The van der Waals surface area contributed by atoms with Gasteiger partial charge < -0.3 is 10.5 Å². The van der Waals surface area contributed by atoms with Crippen molar-refractivity contribution in [1.29, 1.82) is 0 Å². The lowest BCUT2D eigenvalue weighted by Gasteiger charge is -2.42. The molecule has 0 spiro atoms. The molecule has 3 heteroatoms. The Morgan fingerprint density at radius 3 is 2.53 bits per heavy atom. The summed E-state index contributed by atoms with van der Waals surface area (Å²) >= 11 is 6.53. The quantitative estimate of drug-likeness (QED) is 0.917. The Kier molecular flexibility index (Phi) is 3.84. The van der Waals surface area contributed by atoms with Gasteiger partial charge in [0.1, 0.15) is 0 Å². The second kappa shape index (κ2) is 5.43. The normalized spacial score (nSPS) is 23.1. The van der Waals surface area contributed by atoms with Gasteiger partial charge in [-0.1, -0.05) is 30.2 Å². The molecular weight excluding hydrogens is 258 g/mol. The maximum absolute atomic E-state index is 6.53. The molecule has 0 atom stereocenters. The van der Waals surface area contributed by atoms with Crippen molar-refractivity contribution in [1.82, 2.24) is 0 Å². The lowest BCUT2D eigenvalue weighted by molar-refractivity contribution is 0.0853. The molecule has 2 aliphatic rings. The molecule has 1 aromatic rings. The maximum atomic E-state index is 6.53. The van der Waals surface area contributed by atoms with Crippen molar-refractivity contribution in [3.05, 3.63) is 34.3 Å². The van der Waals surface area contributed by atoms with E-state index in [0.29, 0.717) is 5.92 Å². The summed E-state index contributed by atoms with van der Waals surface area (Å²) in [6.45, 7) is 2.45. The zero-order valence-corrected chi connectivity index (χ0v) is 12.1. The van der Waals surface area contributed by atoms with Crippen LogP contribution in [0, 0.1) is 0 Å². The van der Waals surface area contributed by atoms with Crippen LogP contribution in [-0.4, -0.2) is 19.8 Å². The van der Waals surface area contributed by atoms with Gasteiger partial charge in [0.2, 0.25) is 0 Å². The van der Waals surface area contributed by atoms with Gasteiger partial charge in [-0.25, -0.2) is 0 Å². The topological polar surface area (TPSA) is 35.2 Å². The van der Waals surface area contributed by atoms with Gasteiger partial charge in [-0.15, -0.1) is 0 Å². The van der Waals surface area contributed by atoms with Crippen LogP contribution in [0.5, 0.6) is 0 Å². The molecule has 0 radical (unpaired) electrons. The highest BCUT2D eigenvalue weighted by Gasteiger charge is 2.37. The van der Waals surface area contributed by atoms with E-state index in [4.69, 9.17) is 22.1 Å². The molecule has 1 aromatic carbocycles. The monoisotopic (exact) mass is 279 g/mol. The van der Waals surface area contributed by atoms with Gasteiger partial charge in [-0.05, 0) is 48.8 Å². The fraction of sp³-hybridized carbons (Fsp3) is 0.625. The molecule has 0 amide bonds. The van der Waals surface area contributed by atoms with Crippen molar-refractivity contribution in [2.45, 2.75) is 43.4 Å². The van der Waals surface area contributed by atoms with Gasteiger partial charge in [-0.3, -0.25) is 0 Å². The second-order valence-electron chi connectivity index (χ2n) is 5.96. The first-order valence-corrected chi connectivity index (χ1v) is 7.71. The van der Waals surface area contributed by atoms with Crippen LogP contribution in [-0.2, 0) is 10.2 Å². The smallest absolute Gasteiger partial charge is 0.0471 e. The summed E-state index contributed by atoms with van der Waals surface area (Å²) in [6.07, 6.45) is 5.87. The average molecular weight is 280 g/mol. The van der Waals surface area contributed by atoms with E-state index in [9.17, 15) is 0 Å². The van der Waals surface area contributed by atoms with Gasteiger partial charge in [0.15, 0.2) is 0 Å². The summed E-state index contributed by atoms with van der Waals surface area (Å²) in [5.74, 6) is 0.561. The predicted molar refractivity (Wildman–Crippen MR) is 78.8 cm³/mol. The molecule has 0 bridgehead atoms. The lowest BCUT2D eigenvalue weighted by atomic mass is 9.64. The zero-order chi connectivity index (χ0) is 13.3. The third-order valence-electron chi connectivity index (χ3n) is 4.98. The lowest BCUT2D eigenvalue weighted by Crippen LogP contribution is -2.41. The highest BCUT2D eigenvalue weighted by Crippen LogP contribution is 2.44. The SMILES string of the molecule is NCC1(c2ccc(C3CCOCC3)c(Cl)c2)CCC1. The van der Waals surface area contributed by atoms with E-state index in [1.54, 1.807) is 0 Å². The minimum Gasteiger partial charge on any atom is -0.381 e. The van der Waals surface area contributed by atoms with E-state index in [1.807, 2.05) is 0 Å². The van der Waals surface area contributed by atoms with Crippen molar-refractivity contribution in [2.75, 3.05) is 19.8 Å². The van der Waals surface area contributed by atoms with Crippen LogP contribution in [0.1, 0.15) is 49.1 Å². The second-order valence-corrected chi connectivity index (χ2v) is 6.37. The summed E-state index contributed by atoms with van der Waals surface area (Å²) in [6, 6.07) is 6.64. The van der Waals surface area contributed by atoms with Crippen molar-refractivity contribution < 1.29 is 4.74 Å². The largest absolute Gasteiger partial charge is 0.381 e. The minimum absolute atomic E-state index is 0.206. The molecule has 1 saturated heterocycles. The highest BCUT2D eigenvalue weighted by atomic mass is 35.5. The number of ether oxygens (including phenoxy) is 1. The van der Waals surface area contributed by atoms with Gasteiger partial charge in [-0.2, -0.15) is 0 Å². The Hall–Kier alpha value is -0.570. The first kappa shape index (κ1) is 13.4. The van der Waals surface area contributed by atoms with E-state index >= 15 is 0 Å². The first-order valence-electron chi connectivity index (χ1n) is 7.33. The maximum Gasteiger partial charge on any atom is 0.0471 e. The molecule has 104 valence electrons. The number of rotatable bonds is 3. The Balaban J connectivity index is 1.85. The molecule has 1 aliphatic heterocycles. The Labute approximate surface area is 120 Å². The van der Waals surface area contributed by atoms with Gasteiger partial charge in [0.05, 0.1) is 0 Å². The third kappa shape index (κ3) is 2.42. The van der Waals surface area contributed by atoms with Crippen LogP contribution in [0.25, 0.3) is 0 Å². The molecule has 1 aliphatic carbocycles. The Morgan fingerprint density at radius 2 is 2.00 bits per heavy atom. The van der Waals surface area contributed by atoms with Crippen LogP contribution >= 0.6 is 11.6 Å².